The molecule has 0 spiro atoms. The number of rotatable bonds is 8. The van der Waals surface area contributed by atoms with Crippen molar-refractivity contribution in [1.29, 1.82) is 0 Å². The smallest absolute Gasteiger partial charge is 0.196 e. The van der Waals surface area contributed by atoms with Crippen LogP contribution in [0.2, 0.25) is 0 Å². The van der Waals surface area contributed by atoms with Gasteiger partial charge in [-0.2, -0.15) is 0 Å². The van der Waals surface area contributed by atoms with Crippen LogP contribution in [0.3, 0.4) is 0 Å². The van der Waals surface area contributed by atoms with E-state index in [1.807, 2.05) is 82.6 Å². The van der Waals surface area contributed by atoms with Crippen molar-refractivity contribution in [2.45, 2.75) is 0 Å². The molecule has 0 radical (unpaired) electrons. The fourth-order valence-electron chi connectivity index (χ4n) is 4.12. The number of anilines is 6. The Morgan fingerprint density at radius 1 is 0.400 bits per heavy atom. The zero-order valence-electron chi connectivity index (χ0n) is 21.2. The van der Waals surface area contributed by atoms with Gasteiger partial charge in [0.25, 0.3) is 0 Å². The van der Waals surface area contributed by atoms with Crippen LogP contribution in [-0.2, 0) is 0 Å². The first-order chi connectivity index (χ1) is 19.8. The molecule has 40 heavy (non-hydrogen) atoms. The maximum absolute atomic E-state index is 13.3. The highest BCUT2D eigenvalue weighted by atomic mass is 16.1. The summed E-state index contributed by atoms with van der Waals surface area (Å²) in [6.07, 6.45) is 9.95. The highest BCUT2D eigenvalue weighted by Gasteiger charge is 2.19. The van der Waals surface area contributed by atoms with E-state index >= 15 is 0 Å². The van der Waals surface area contributed by atoms with Gasteiger partial charge in [0.15, 0.2) is 5.78 Å². The van der Waals surface area contributed by atoms with Crippen molar-refractivity contribution in [3.05, 3.63) is 145 Å². The molecular formula is C31H22N8O. The van der Waals surface area contributed by atoms with Crippen LogP contribution in [0.15, 0.2) is 134 Å². The van der Waals surface area contributed by atoms with Crippen molar-refractivity contribution in [2.24, 2.45) is 0 Å². The largest absolute Gasteiger partial charge is 0.288 e. The summed E-state index contributed by atoms with van der Waals surface area (Å²) in [5, 5.41) is 0. The van der Waals surface area contributed by atoms with Crippen LogP contribution in [0.5, 0.6) is 0 Å². The molecular weight excluding hydrogens is 500 g/mol. The second-order valence-corrected chi connectivity index (χ2v) is 8.56. The summed E-state index contributed by atoms with van der Waals surface area (Å²) in [5.74, 6) is 3.64. The van der Waals surface area contributed by atoms with Crippen LogP contribution < -0.4 is 9.80 Å². The van der Waals surface area contributed by atoms with Gasteiger partial charge in [-0.1, -0.05) is 24.3 Å². The standard InChI is InChI=1S/C31H22N8O/c40-31(23-13-15-29(36-21-23)38(25-9-1-5-17-32-25)26-10-2-6-18-33-26)24-14-16-30(37-22-24)39(27-11-3-7-19-34-27)28-12-4-8-20-35-28/h1-22H. The van der Waals surface area contributed by atoms with Gasteiger partial charge in [0.05, 0.1) is 0 Å². The van der Waals surface area contributed by atoms with Crippen LogP contribution in [0.4, 0.5) is 34.9 Å². The third kappa shape index (κ3) is 5.11. The van der Waals surface area contributed by atoms with Gasteiger partial charge < -0.3 is 0 Å². The van der Waals surface area contributed by atoms with Gasteiger partial charge in [-0.15, -0.1) is 0 Å². The average molecular weight is 523 g/mol. The van der Waals surface area contributed by atoms with Gasteiger partial charge in [-0.25, -0.2) is 29.9 Å². The molecule has 6 aromatic rings. The summed E-state index contributed by atoms with van der Waals surface area (Å²) < 4.78 is 0. The van der Waals surface area contributed by atoms with Crippen LogP contribution in [0.1, 0.15) is 15.9 Å². The number of ketones is 1. The Bertz CT molecular complexity index is 1480. The molecule has 6 rings (SSSR count). The van der Waals surface area contributed by atoms with Crippen molar-refractivity contribution in [1.82, 2.24) is 29.9 Å². The maximum Gasteiger partial charge on any atom is 0.196 e. The van der Waals surface area contributed by atoms with Crippen LogP contribution >= 0.6 is 0 Å². The lowest BCUT2D eigenvalue weighted by molar-refractivity contribution is 0.103. The van der Waals surface area contributed by atoms with E-state index in [4.69, 9.17) is 0 Å². The average Bonchev–Trinajstić information content (AvgIpc) is 3.04. The molecule has 0 saturated heterocycles. The lowest BCUT2D eigenvalue weighted by Gasteiger charge is -2.22. The topological polar surface area (TPSA) is 101 Å². The molecule has 0 aromatic carbocycles. The summed E-state index contributed by atoms with van der Waals surface area (Å²) in [6, 6.07) is 29.5. The lowest BCUT2D eigenvalue weighted by atomic mass is 10.1. The molecule has 0 aliphatic rings. The van der Waals surface area contributed by atoms with Gasteiger partial charge in [0.2, 0.25) is 0 Å². The summed E-state index contributed by atoms with van der Waals surface area (Å²) in [6.45, 7) is 0. The Kier molecular flexibility index (Phi) is 6.91. The first-order valence-corrected chi connectivity index (χ1v) is 12.5. The Balaban J connectivity index is 1.27. The minimum absolute atomic E-state index is 0.192. The van der Waals surface area contributed by atoms with Crippen molar-refractivity contribution in [3.63, 3.8) is 0 Å². The molecule has 0 bridgehead atoms. The summed E-state index contributed by atoms with van der Waals surface area (Å²) in [5.41, 5.74) is 0.873. The van der Waals surface area contributed by atoms with E-state index < -0.39 is 0 Å². The van der Waals surface area contributed by atoms with E-state index in [0.717, 1.165) is 0 Å². The predicted octanol–water partition coefficient (Wildman–Crippen LogP) is 6.23. The maximum atomic E-state index is 13.3. The molecule has 6 heterocycles. The number of hydrogen-bond acceptors (Lipinski definition) is 9. The van der Waals surface area contributed by atoms with Crippen LogP contribution in [-0.4, -0.2) is 35.7 Å². The fraction of sp³-hybridized carbons (Fsp3) is 0. The second-order valence-electron chi connectivity index (χ2n) is 8.56. The van der Waals surface area contributed by atoms with E-state index in [1.165, 1.54) is 0 Å². The molecule has 0 atom stereocenters. The highest BCUT2D eigenvalue weighted by Crippen LogP contribution is 2.31. The van der Waals surface area contributed by atoms with Gasteiger partial charge in [0, 0.05) is 48.3 Å². The van der Waals surface area contributed by atoms with E-state index in [0.29, 0.717) is 46.0 Å². The first kappa shape index (κ1) is 24.5. The van der Waals surface area contributed by atoms with E-state index in [2.05, 4.69) is 29.9 Å². The quantitative estimate of drug-likeness (QED) is 0.215. The van der Waals surface area contributed by atoms with Crippen molar-refractivity contribution >= 4 is 40.7 Å². The van der Waals surface area contributed by atoms with Gasteiger partial charge >= 0.3 is 0 Å². The van der Waals surface area contributed by atoms with E-state index in [-0.39, 0.29) is 5.78 Å². The van der Waals surface area contributed by atoms with Gasteiger partial charge in [-0.05, 0) is 72.8 Å². The molecule has 0 amide bonds. The molecule has 9 heteroatoms. The number of pyridine rings is 6. The van der Waals surface area contributed by atoms with E-state index in [1.54, 1.807) is 61.4 Å². The summed E-state index contributed by atoms with van der Waals surface area (Å²) in [7, 11) is 0. The molecule has 192 valence electrons. The van der Waals surface area contributed by atoms with Gasteiger partial charge in [-0.3, -0.25) is 14.6 Å². The fourth-order valence-corrected chi connectivity index (χ4v) is 4.12. The van der Waals surface area contributed by atoms with Crippen molar-refractivity contribution in [2.75, 3.05) is 9.80 Å². The molecule has 0 aliphatic heterocycles. The first-order valence-electron chi connectivity index (χ1n) is 12.5. The zero-order chi connectivity index (χ0) is 27.1. The third-order valence-electron chi connectivity index (χ3n) is 5.99. The van der Waals surface area contributed by atoms with E-state index in [9.17, 15) is 4.79 Å². The number of hydrogen-bond donors (Lipinski definition) is 0. The molecule has 9 nitrogen and oxygen atoms in total. The molecule has 0 saturated carbocycles. The third-order valence-corrected chi connectivity index (χ3v) is 5.99. The number of carbonyl (C=O) groups is 1. The van der Waals surface area contributed by atoms with Crippen molar-refractivity contribution in [3.8, 4) is 0 Å². The second kappa shape index (κ2) is 11.3. The SMILES string of the molecule is O=C(c1ccc(N(c2ccccn2)c2ccccn2)nc1)c1ccc(N(c2ccccn2)c2ccccn2)nc1. The molecule has 6 aromatic heterocycles. The number of carbonyl (C=O) groups excluding carboxylic acids is 1. The Morgan fingerprint density at radius 2 is 0.725 bits per heavy atom. The van der Waals surface area contributed by atoms with Crippen LogP contribution in [0, 0.1) is 0 Å². The van der Waals surface area contributed by atoms with Crippen LogP contribution in [0.25, 0.3) is 0 Å². The molecule has 0 aliphatic carbocycles. The Hall–Kier alpha value is -5.83. The number of aromatic nitrogens is 6. The summed E-state index contributed by atoms with van der Waals surface area (Å²) in [4.78, 5) is 44.0. The monoisotopic (exact) mass is 522 g/mol. The minimum atomic E-state index is -0.192. The minimum Gasteiger partial charge on any atom is -0.288 e. The summed E-state index contributed by atoms with van der Waals surface area (Å²) >= 11 is 0. The lowest BCUT2D eigenvalue weighted by Crippen LogP contribution is -2.15. The Labute approximate surface area is 230 Å². The molecule has 0 unspecified atom stereocenters. The van der Waals surface area contributed by atoms with Gasteiger partial charge in [0.1, 0.15) is 34.9 Å². The zero-order valence-corrected chi connectivity index (χ0v) is 21.2. The predicted molar refractivity (Wildman–Crippen MR) is 152 cm³/mol. The Morgan fingerprint density at radius 3 is 0.975 bits per heavy atom. The van der Waals surface area contributed by atoms with Crippen molar-refractivity contribution < 1.29 is 4.79 Å². The highest BCUT2D eigenvalue weighted by molar-refractivity contribution is 6.08. The molecule has 0 fully saturated rings. The normalized spacial score (nSPS) is 10.6. The molecule has 0 N–H and O–H groups in total. The number of nitrogens with zero attached hydrogens (tertiary/aromatic N) is 8.